The van der Waals surface area contributed by atoms with E-state index in [0.29, 0.717) is 31.2 Å². The zero-order chi connectivity index (χ0) is 18.2. The minimum Gasteiger partial charge on any atom is -0.444 e. The minimum atomic E-state index is -0.437. The van der Waals surface area contributed by atoms with E-state index in [9.17, 15) is 14.7 Å². The minimum absolute atomic E-state index is 0.256. The summed E-state index contributed by atoms with van der Waals surface area (Å²) in [5, 5.41) is 13.4. The Morgan fingerprint density at radius 1 is 1.12 bits per heavy atom. The maximum Gasteiger partial charge on any atom is 0.410 e. The number of likely N-dealkylation sites (tertiary alicyclic amines) is 1. The van der Waals surface area contributed by atoms with E-state index in [2.05, 4.69) is 5.32 Å². The molecule has 2 saturated heterocycles. The Kier molecular flexibility index (Phi) is 9.08. The molecule has 0 aromatic heterocycles. The Morgan fingerprint density at radius 3 is 2.12 bits per heavy atom. The van der Waals surface area contributed by atoms with Gasteiger partial charge in [0.25, 0.3) is 0 Å². The van der Waals surface area contributed by atoms with Crippen molar-refractivity contribution in [1.82, 2.24) is 10.2 Å². The number of thioether (sulfide) groups is 1. The van der Waals surface area contributed by atoms with Crippen molar-refractivity contribution in [2.24, 2.45) is 0 Å². The zero-order valence-corrected chi connectivity index (χ0v) is 16.2. The van der Waals surface area contributed by atoms with Gasteiger partial charge in [-0.3, -0.25) is 4.79 Å². The molecule has 1 amide bonds. The monoisotopic (exact) mass is 360 g/mol. The Balaban J connectivity index is 0.000000254. The molecule has 2 fully saturated rings. The molecule has 0 aromatic carbocycles. The average molecular weight is 361 g/mol. The number of carbonyl (C=O) groups is 2. The van der Waals surface area contributed by atoms with Crippen LogP contribution in [0.5, 0.6) is 0 Å². The number of nitrogens with one attached hydrogen (secondary N) is 1. The van der Waals surface area contributed by atoms with E-state index in [4.69, 9.17) is 4.74 Å². The van der Waals surface area contributed by atoms with Gasteiger partial charge in [-0.1, -0.05) is 11.8 Å². The lowest BCUT2D eigenvalue weighted by Crippen LogP contribution is -2.42. The lowest BCUT2D eigenvalue weighted by molar-refractivity contribution is -0.109. The summed E-state index contributed by atoms with van der Waals surface area (Å²) in [6.07, 6.45) is 3.06. The van der Waals surface area contributed by atoms with Gasteiger partial charge in [-0.05, 0) is 59.5 Å². The molecule has 0 saturated carbocycles. The van der Waals surface area contributed by atoms with Gasteiger partial charge in [-0.15, -0.1) is 0 Å². The Labute approximate surface area is 149 Å². The van der Waals surface area contributed by atoms with Crippen LogP contribution in [0.1, 0.15) is 53.4 Å². The van der Waals surface area contributed by atoms with Crippen LogP contribution >= 0.6 is 11.8 Å². The summed E-state index contributed by atoms with van der Waals surface area (Å²) in [6.45, 7) is 10.5. The number of nitrogens with zero attached hydrogens (tertiary/aromatic N) is 1. The third-order valence-corrected chi connectivity index (χ3v) is 4.87. The number of hydrogen-bond donors (Lipinski definition) is 2. The molecule has 2 rings (SSSR count). The number of rotatable bonds is 1. The van der Waals surface area contributed by atoms with Crippen LogP contribution in [0.2, 0.25) is 0 Å². The Hall–Kier alpha value is -0.790. The summed E-state index contributed by atoms with van der Waals surface area (Å²) in [4.78, 5) is 23.8. The highest BCUT2D eigenvalue weighted by Gasteiger charge is 2.25. The van der Waals surface area contributed by atoms with E-state index in [-0.39, 0.29) is 17.3 Å². The number of aliphatic hydroxyl groups excluding tert-OH is 1. The zero-order valence-electron chi connectivity index (χ0n) is 15.3. The van der Waals surface area contributed by atoms with Gasteiger partial charge in [-0.2, -0.15) is 0 Å². The quantitative estimate of drug-likeness (QED) is 0.747. The predicted octanol–water partition coefficient (Wildman–Crippen LogP) is 2.40. The van der Waals surface area contributed by atoms with Crippen LogP contribution in [0.15, 0.2) is 0 Å². The van der Waals surface area contributed by atoms with Crippen molar-refractivity contribution in [2.45, 2.75) is 70.3 Å². The average Bonchev–Trinajstić information content (AvgIpc) is 2.47. The number of piperidine rings is 2. The van der Waals surface area contributed by atoms with Gasteiger partial charge in [0, 0.05) is 25.3 Å². The second-order valence-corrected chi connectivity index (χ2v) is 8.73. The van der Waals surface area contributed by atoms with E-state index >= 15 is 0 Å². The number of ether oxygens (including phenoxy) is 1. The van der Waals surface area contributed by atoms with Gasteiger partial charge in [0.05, 0.1) is 6.10 Å². The Bertz CT molecular complexity index is 398. The first-order valence-corrected chi connectivity index (χ1v) is 9.59. The largest absolute Gasteiger partial charge is 0.444 e. The molecule has 7 heteroatoms. The topological polar surface area (TPSA) is 78.9 Å². The summed E-state index contributed by atoms with van der Waals surface area (Å²) >= 11 is 1.50. The first kappa shape index (κ1) is 21.3. The molecule has 2 aliphatic rings. The molecule has 140 valence electrons. The van der Waals surface area contributed by atoms with Crippen molar-refractivity contribution in [3.05, 3.63) is 0 Å². The van der Waals surface area contributed by atoms with Gasteiger partial charge >= 0.3 is 6.09 Å². The summed E-state index contributed by atoms with van der Waals surface area (Å²) in [5.41, 5.74) is -0.437. The second kappa shape index (κ2) is 10.3. The first-order valence-electron chi connectivity index (χ1n) is 8.71. The molecule has 0 radical (unpaired) electrons. The van der Waals surface area contributed by atoms with Crippen LogP contribution < -0.4 is 5.32 Å². The molecule has 0 bridgehead atoms. The van der Waals surface area contributed by atoms with Crippen LogP contribution in [0.4, 0.5) is 4.79 Å². The van der Waals surface area contributed by atoms with Crippen LogP contribution in [-0.4, -0.2) is 64.3 Å². The van der Waals surface area contributed by atoms with Gasteiger partial charge in [-0.25, -0.2) is 4.79 Å². The lowest BCUT2D eigenvalue weighted by Gasteiger charge is -2.31. The van der Waals surface area contributed by atoms with Gasteiger partial charge in [0.2, 0.25) is 0 Å². The highest BCUT2D eigenvalue weighted by Crippen LogP contribution is 2.20. The van der Waals surface area contributed by atoms with Crippen molar-refractivity contribution in [1.29, 1.82) is 0 Å². The van der Waals surface area contributed by atoms with Crippen molar-refractivity contribution < 1.29 is 19.4 Å². The van der Waals surface area contributed by atoms with E-state index in [0.717, 1.165) is 25.9 Å². The predicted molar refractivity (Wildman–Crippen MR) is 97.2 cm³/mol. The molecule has 2 N–H and O–H groups in total. The smallest absolute Gasteiger partial charge is 0.410 e. The number of carbonyl (C=O) groups excluding carboxylic acids is 2. The molecule has 2 aliphatic heterocycles. The molecule has 2 heterocycles. The summed E-state index contributed by atoms with van der Waals surface area (Å²) in [5.74, 6) is 0. The fourth-order valence-electron chi connectivity index (χ4n) is 2.52. The molecular formula is C17H32N2O4S. The van der Waals surface area contributed by atoms with Crippen molar-refractivity contribution in [3.63, 3.8) is 0 Å². The van der Waals surface area contributed by atoms with Gasteiger partial charge < -0.3 is 20.1 Å². The van der Waals surface area contributed by atoms with Crippen molar-refractivity contribution >= 4 is 23.0 Å². The van der Waals surface area contributed by atoms with Crippen molar-refractivity contribution in [2.75, 3.05) is 26.2 Å². The van der Waals surface area contributed by atoms with E-state index < -0.39 is 5.60 Å². The normalized spacial score (nSPS) is 20.1. The number of hydrogen-bond acceptors (Lipinski definition) is 6. The molecule has 6 nitrogen and oxygen atoms in total. The van der Waals surface area contributed by atoms with Gasteiger partial charge in [0.15, 0.2) is 5.12 Å². The standard InChI is InChI=1S/C10H19NO3.C7H13NOS/c1-10(2,3)14-9(13)11-6-4-8(12)5-7-11;1-6(9)10-7-2-4-8-5-3-7/h8,12H,4-7H2,1-3H3;7-8H,2-5H2,1H3. The number of aliphatic hydroxyl groups is 1. The fraction of sp³-hybridized carbons (Fsp3) is 0.882. The van der Waals surface area contributed by atoms with Crippen molar-refractivity contribution in [3.8, 4) is 0 Å². The SMILES string of the molecule is CC(=O)SC1CCNCC1.CC(C)(C)OC(=O)N1CCC(O)CC1. The molecule has 0 aliphatic carbocycles. The third-order valence-electron chi connectivity index (χ3n) is 3.73. The molecule has 0 unspecified atom stereocenters. The summed E-state index contributed by atoms with van der Waals surface area (Å²) < 4.78 is 5.22. The van der Waals surface area contributed by atoms with E-state index in [1.807, 2.05) is 20.8 Å². The van der Waals surface area contributed by atoms with E-state index in [1.54, 1.807) is 11.8 Å². The second-order valence-electron chi connectivity index (χ2n) is 7.26. The summed E-state index contributed by atoms with van der Waals surface area (Å²) in [6, 6.07) is 0. The molecular weight excluding hydrogens is 328 g/mol. The third kappa shape index (κ3) is 9.49. The van der Waals surface area contributed by atoms with Crippen LogP contribution in [0, 0.1) is 0 Å². The molecule has 0 spiro atoms. The Morgan fingerprint density at radius 2 is 1.67 bits per heavy atom. The summed E-state index contributed by atoms with van der Waals surface area (Å²) in [7, 11) is 0. The lowest BCUT2D eigenvalue weighted by atomic mass is 10.1. The van der Waals surface area contributed by atoms with Gasteiger partial charge in [0.1, 0.15) is 5.60 Å². The maximum atomic E-state index is 11.5. The van der Waals surface area contributed by atoms with Crippen LogP contribution in [0.25, 0.3) is 0 Å². The van der Waals surface area contributed by atoms with Crippen LogP contribution in [0.3, 0.4) is 0 Å². The first-order chi connectivity index (χ1) is 11.2. The molecule has 0 aromatic rings. The highest BCUT2D eigenvalue weighted by atomic mass is 32.2. The van der Waals surface area contributed by atoms with E-state index in [1.165, 1.54) is 11.8 Å². The van der Waals surface area contributed by atoms with Crippen LogP contribution in [-0.2, 0) is 9.53 Å². The highest BCUT2D eigenvalue weighted by molar-refractivity contribution is 8.14. The maximum absolute atomic E-state index is 11.5. The molecule has 24 heavy (non-hydrogen) atoms. The fourth-order valence-corrected chi connectivity index (χ4v) is 3.46. The molecule has 0 atom stereocenters. The number of amides is 1.